The number of nitrogens with one attached hydrogen (secondary N) is 1. The number of rotatable bonds is 4. The monoisotopic (exact) mass is 400 g/mol. The summed E-state index contributed by atoms with van der Waals surface area (Å²) in [6, 6.07) is 12.4. The zero-order valence-corrected chi connectivity index (χ0v) is 16.3. The molecule has 7 heteroatoms. The van der Waals surface area contributed by atoms with Gasteiger partial charge in [0, 0.05) is 6.42 Å². The van der Waals surface area contributed by atoms with Crippen molar-refractivity contribution in [1.29, 1.82) is 0 Å². The number of benzene rings is 2. The highest BCUT2D eigenvalue weighted by Crippen LogP contribution is 2.39. The molecular formula is C21H21ClN2O4. The van der Waals surface area contributed by atoms with E-state index in [-0.39, 0.29) is 12.5 Å². The van der Waals surface area contributed by atoms with Crippen LogP contribution < -0.4 is 14.8 Å². The van der Waals surface area contributed by atoms with E-state index in [1.165, 1.54) is 4.90 Å². The molecule has 146 valence electrons. The van der Waals surface area contributed by atoms with Crippen LogP contribution in [0, 0.1) is 0 Å². The van der Waals surface area contributed by atoms with Gasteiger partial charge in [-0.05, 0) is 29.7 Å². The molecule has 3 amide bonds. The van der Waals surface area contributed by atoms with Crippen LogP contribution >= 0.6 is 11.6 Å². The van der Waals surface area contributed by atoms with E-state index in [0.717, 1.165) is 12.0 Å². The maximum Gasteiger partial charge on any atom is 0.325 e. The Morgan fingerprint density at radius 3 is 2.64 bits per heavy atom. The Morgan fingerprint density at radius 2 is 1.89 bits per heavy atom. The fourth-order valence-electron chi connectivity index (χ4n) is 3.69. The number of hydrogen-bond donors (Lipinski definition) is 1. The van der Waals surface area contributed by atoms with E-state index >= 15 is 0 Å². The van der Waals surface area contributed by atoms with Gasteiger partial charge in [-0.2, -0.15) is 0 Å². The lowest BCUT2D eigenvalue weighted by Crippen LogP contribution is -2.43. The van der Waals surface area contributed by atoms with Gasteiger partial charge in [0.15, 0.2) is 11.5 Å². The lowest BCUT2D eigenvalue weighted by molar-refractivity contribution is -0.132. The van der Waals surface area contributed by atoms with Crippen molar-refractivity contribution >= 4 is 23.5 Å². The molecule has 4 rings (SSSR count). The summed E-state index contributed by atoms with van der Waals surface area (Å²) in [5.41, 5.74) is 0.431. The molecule has 2 aliphatic heterocycles. The summed E-state index contributed by atoms with van der Waals surface area (Å²) in [7, 11) is 0. The molecule has 2 aromatic carbocycles. The van der Waals surface area contributed by atoms with Gasteiger partial charge in [0.25, 0.3) is 5.91 Å². The first-order chi connectivity index (χ1) is 13.5. The van der Waals surface area contributed by atoms with Crippen molar-refractivity contribution in [3.63, 3.8) is 0 Å². The van der Waals surface area contributed by atoms with Crippen molar-refractivity contribution in [1.82, 2.24) is 10.2 Å². The molecule has 0 aliphatic carbocycles. The van der Waals surface area contributed by atoms with Gasteiger partial charge >= 0.3 is 6.03 Å². The van der Waals surface area contributed by atoms with E-state index < -0.39 is 11.6 Å². The normalized spacial score (nSPS) is 21.4. The fourth-order valence-corrected chi connectivity index (χ4v) is 3.98. The number of urea groups is 1. The van der Waals surface area contributed by atoms with Crippen LogP contribution in [-0.2, 0) is 16.9 Å². The topological polar surface area (TPSA) is 67.9 Å². The molecule has 1 fully saturated rings. The Morgan fingerprint density at radius 1 is 1.14 bits per heavy atom. The number of imide groups is 1. The summed E-state index contributed by atoms with van der Waals surface area (Å²) in [4.78, 5) is 27.2. The third kappa shape index (κ3) is 3.07. The van der Waals surface area contributed by atoms with Crippen molar-refractivity contribution in [2.24, 2.45) is 0 Å². The SMILES string of the molecule is CC[C@]1(c2ccccc2)NC(=O)N(Cc2cc(Cl)c3c(c2)OCCCO3)C1=O. The number of nitrogens with zero attached hydrogens (tertiary/aromatic N) is 1. The van der Waals surface area contributed by atoms with Crippen LogP contribution in [0.5, 0.6) is 11.5 Å². The summed E-state index contributed by atoms with van der Waals surface area (Å²) >= 11 is 6.35. The molecule has 0 unspecified atom stereocenters. The molecule has 2 heterocycles. The lowest BCUT2D eigenvalue weighted by atomic mass is 9.87. The van der Waals surface area contributed by atoms with Crippen LogP contribution in [0.15, 0.2) is 42.5 Å². The molecule has 2 aromatic rings. The van der Waals surface area contributed by atoms with Gasteiger partial charge in [-0.3, -0.25) is 9.69 Å². The molecule has 1 atom stereocenters. The summed E-state index contributed by atoms with van der Waals surface area (Å²) < 4.78 is 11.3. The van der Waals surface area contributed by atoms with E-state index in [0.29, 0.717) is 41.7 Å². The number of ether oxygens (including phenoxy) is 2. The van der Waals surface area contributed by atoms with Gasteiger partial charge in [-0.15, -0.1) is 0 Å². The molecule has 28 heavy (non-hydrogen) atoms. The van der Waals surface area contributed by atoms with Crippen LogP contribution in [0.2, 0.25) is 5.02 Å². The van der Waals surface area contributed by atoms with E-state index in [1.807, 2.05) is 37.3 Å². The molecule has 6 nitrogen and oxygen atoms in total. The molecule has 1 N–H and O–H groups in total. The Bertz CT molecular complexity index is 918. The average molecular weight is 401 g/mol. The zero-order valence-electron chi connectivity index (χ0n) is 15.5. The summed E-state index contributed by atoms with van der Waals surface area (Å²) in [5.74, 6) is 0.776. The number of amides is 3. The predicted molar refractivity (Wildman–Crippen MR) is 105 cm³/mol. The van der Waals surface area contributed by atoms with Gasteiger partial charge in [0.2, 0.25) is 0 Å². The van der Waals surface area contributed by atoms with Crippen LogP contribution in [0.1, 0.15) is 30.9 Å². The van der Waals surface area contributed by atoms with Gasteiger partial charge < -0.3 is 14.8 Å². The minimum Gasteiger partial charge on any atom is -0.489 e. The van der Waals surface area contributed by atoms with Gasteiger partial charge in [0.05, 0.1) is 24.8 Å². The van der Waals surface area contributed by atoms with E-state index in [4.69, 9.17) is 21.1 Å². The average Bonchev–Trinajstić information content (AvgIpc) is 2.86. The van der Waals surface area contributed by atoms with E-state index in [2.05, 4.69) is 5.32 Å². The number of carbonyl (C=O) groups is 2. The first kappa shape index (κ1) is 18.6. The molecular weight excluding hydrogens is 380 g/mol. The molecule has 0 aromatic heterocycles. The number of hydrogen-bond acceptors (Lipinski definition) is 4. The molecule has 0 saturated carbocycles. The third-order valence-electron chi connectivity index (χ3n) is 5.18. The fraction of sp³-hybridized carbons (Fsp3) is 0.333. The van der Waals surface area contributed by atoms with E-state index in [9.17, 15) is 9.59 Å². The Kier molecular flexibility index (Phi) is 4.89. The molecule has 1 saturated heterocycles. The van der Waals surface area contributed by atoms with E-state index in [1.54, 1.807) is 12.1 Å². The second kappa shape index (κ2) is 7.36. The Labute approximate surface area is 168 Å². The highest BCUT2D eigenvalue weighted by atomic mass is 35.5. The van der Waals surface area contributed by atoms with Crippen molar-refractivity contribution in [3.05, 3.63) is 58.6 Å². The Balaban J connectivity index is 1.64. The predicted octanol–water partition coefficient (Wildman–Crippen LogP) is 3.86. The lowest BCUT2D eigenvalue weighted by Gasteiger charge is -2.25. The quantitative estimate of drug-likeness (QED) is 0.791. The summed E-state index contributed by atoms with van der Waals surface area (Å²) in [5, 5.41) is 3.30. The zero-order chi connectivity index (χ0) is 19.7. The van der Waals surface area contributed by atoms with Gasteiger partial charge in [0.1, 0.15) is 5.54 Å². The minimum absolute atomic E-state index is 0.107. The van der Waals surface area contributed by atoms with Crippen molar-refractivity contribution in [3.8, 4) is 11.5 Å². The maximum absolute atomic E-state index is 13.3. The van der Waals surface area contributed by atoms with Crippen molar-refractivity contribution < 1.29 is 19.1 Å². The van der Waals surface area contributed by atoms with Crippen LogP contribution in [-0.4, -0.2) is 30.1 Å². The van der Waals surface area contributed by atoms with Crippen LogP contribution in [0.4, 0.5) is 4.79 Å². The Hall–Kier alpha value is -2.73. The van der Waals surface area contributed by atoms with Gasteiger partial charge in [-0.1, -0.05) is 48.9 Å². The molecule has 2 aliphatic rings. The first-order valence-corrected chi connectivity index (χ1v) is 9.70. The second-order valence-corrected chi connectivity index (χ2v) is 7.31. The van der Waals surface area contributed by atoms with Crippen LogP contribution in [0.3, 0.4) is 0 Å². The molecule has 0 bridgehead atoms. The standard InChI is InChI=1S/C21H21ClN2O4/c1-2-21(15-7-4-3-5-8-15)19(25)24(20(26)23-21)13-14-11-16(22)18-17(12-14)27-9-6-10-28-18/h3-5,7-8,11-12H,2,6,9-10,13H2,1H3,(H,23,26)/t21-/m1/s1. The number of halogens is 1. The summed E-state index contributed by atoms with van der Waals surface area (Å²) in [6.45, 7) is 3.06. The highest BCUT2D eigenvalue weighted by molar-refractivity contribution is 6.32. The number of fused-ring (bicyclic) bond motifs is 1. The van der Waals surface area contributed by atoms with Crippen molar-refractivity contribution in [2.45, 2.75) is 31.8 Å². The minimum atomic E-state index is -1.05. The highest BCUT2D eigenvalue weighted by Gasteiger charge is 2.51. The van der Waals surface area contributed by atoms with Crippen LogP contribution in [0.25, 0.3) is 0 Å². The summed E-state index contributed by atoms with van der Waals surface area (Å²) in [6.07, 6.45) is 1.23. The van der Waals surface area contributed by atoms with Crippen molar-refractivity contribution in [2.75, 3.05) is 13.2 Å². The largest absolute Gasteiger partial charge is 0.489 e. The number of carbonyl (C=O) groups excluding carboxylic acids is 2. The first-order valence-electron chi connectivity index (χ1n) is 9.33. The smallest absolute Gasteiger partial charge is 0.325 e. The second-order valence-electron chi connectivity index (χ2n) is 6.90. The van der Waals surface area contributed by atoms with Gasteiger partial charge in [-0.25, -0.2) is 4.79 Å². The molecule has 0 radical (unpaired) electrons. The maximum atomic E-state index is 13.3. The third-order valence-corrected chi connectivity index (χ3v) is 5.46. The molecule has 0 spiro atoms.